The van der Waals surface area contributed by atoms with Crippen LogP contribution in [0, 0.1) is 0 Å². The van der Waals surface area contributed by atoms with Gasteiger partial charge in [-0.2, -0.15) is 0 Å². The smallest absolute Gasteiger partial charge is 0.319 e. The van der Waals surface area contributed by atoms with E-state index in [1.807, 2.05) is 29.1 Å². The second-order valence-corrected chi connectivity index (χ2v) is 4.44. The highest BCUT2D eigenvalue weighted by atomic mass is 16.2. The van der Waals surface area contributed by atoms with E-state index < -0.39 is 0 Å². The van der Waals surface area contributed by atoms with Crippen LogP contribution < -0.4 is 10.6 Å². The highest BCUT2D eigenvalue weighted by Crippen LogP contribution is 2.10. The van der Waals surface area contributed by atoms with Gasteiger partial charge in [0.1, 0.15) is 0 Å². The maximum Gasteiger partial charge on any atom is 0.319 e. The van der Waals surface area contributed by atoms with Gasteiger partial charge in [0.05, 0.1) is 0 Å². The van der Waals surface area contributed by atoms with Crippen molar-refractivity contribution >= 4 is 17.5 Å². The zero-order valence-electron chi connectivity index (χ0n) is 11.3. The maximum absolute atomic E-state index is 11.7. The van der Waals surface area contributed by atoms with Gasteiger partial charge in [-0.25, -0.2) is 4.79 Å². The number of hydrogen-bond acceptors (Lipinski definition) is 2. The Morgan fingerprint density at radius 1 is 1.15 bits per heavy atom. The van der Waals surface area contributed by atoms with Crippen molar-refractivity contribution in [1.29, 1.82) is 0 Å². The molecular formula is C15H17N3O2. The minimum atomic E-state index is -0.280. The van der Waals surface area contributed by atoms with Gasteiger partial charge in [0, 0.05) is 36.7 Å². The quantitative estimate of drug-likeness (QED) is 0.821. The molecule has 0 aliphatic carbocycles. The predicted molar refractivity (Wildman–Crippen MR) is 77.9 cm³/mol. The third-order valence-corrected chi connectivity index (χ3v) is 2.85. The average Bonchev–Trinajstić information content (AvgIpc) is 2.92. The van der Waals surface area contributed by atoms with Crippen molar-refractivity contribution in [2.24, 2.45) is 0 Å². The Bertz CT molecular complexity index is 591. The molecule has 0 saturated carbocycles. The summed E-state index contributed by atoms with van der Waals surface area (Å²) in [5.74, 6) is -0.0262. The lowest BCUT2D eigenvalue weighted by molar-refractivity contribution is 0.101. The van der Waals surface area contributed by atoms with Crippen LogP contribution in [0.25, 0.3) is 0 Å². The molecule has 0 aliphatic rings. The van der Waals surface area contributed by atoms with Crippen LogP contribution in [0.2, 0.25) is 0 Å². The van der Waals surface area contributed by atoms with E-state index in [1.165, 1.54) is 6.92 Å². The summed E-state index contributed by atoms with van der Waals surface area (Å²) in [6, 6.07) is 10.5. The van der Waals surface area contributed by atoms with E-state index in [1.54, 1.807) is 24.3 Å². The van der Waals surface area contributed by atoms with Crippen LogP contribution >= 0.6 is 0 Å². The molecule has 2 rings (SSSR count). The van der Waals surface area contributed by atoms with E-state index in [0.29, 0.717) is 24.3 Å². The van der Waals surface area contributed by atoms with Gasteiger partial charge in [0.25, 0.3) is 0 Å². The lowest BCUT2D eigenvalue weighted by atomic mass is 10.1. The summed E-state index contributed by atoms with van der Waals surface area (Å²) in [5, 5.41) is 5.47. The van der Waals surface area contributed by atoms with Crippen molar-refractivity contribution in [3.05, 3.63) is 54.4 Å². The Morgan fingerprint density at radius 2 is 1.90 bits per heavy atom. The standard InChI is InChI=1S/C15H17N3O2/c1-12(19)13-5-4-6-14(11-13)17-15(20)16-7-10-18-8-2-3-9-18/h2-6,8-9,11H,7,10H2,1H3,(H2,16,17,20). The van der Waals surface area contributed by atoms with Crippen molar-refractivity contribution in [2.45, 2.75) is 13.5 Å². The number of benzene rings is 1. The molecule has 104 valence electrons. The normalized spacial score (nSPS) is 10.1. The summed E-state index contributed by atoms with van der Waals surface area (Å²) in [4.78, 5) is 23.0. The minimum absolute atomic E-state index is 0.0262. The van der Waals surface area contributed by atoms with Crippen molar-refractivity contribution < 1.29 is 9.59 Å². The van der Waals surface area contributed by atoms with Crippen LogP contribution in [0.5, 0.6) is 0 Å². The van der Waals surface area contributed by atoms with E-state index >= 15 is 0 Å². The summed E-state index contributed by atoms with van der Waals surface area (Å²) in [5.41, 5.74) is 1.19. The van der Waals surface area contributed by atoms with Crippen molar-refractivity contribution in [2.75, 3.05) is 11.9 Å². The molecule has 1 aromatic heterocycles. The fraction of sp³-hybridized carbons (Fsp3) is 0.200. The molecule has 0 unspecified atom stereocenters. The fourth-order valence-electron chi connectivity index (χ4n) is 1.81. The first-order valence-corrected chi connectivity index (χ1v) is 6.42. The molecule has 0 fully saturated rings. The number of aromatic nitrogens is 1. The van der Waals surface area contributed by atoms with Crippen LogP contribution in [0.3, 0.4) is 0 Å². The average molecular weight is 271 g/mol. The lowest BCUT2D eigenvalue weighted by Gasteiger charge is -2.09. The van der Waals surface area contributed by atoms with Gasteiger partial charge in [-0.05, 0) is 31.2 Å². The monoisotopic (exact) mass is 271 g/mol. The molecule has 2 N–H and O–H groups in total. The number of urea groups is 1. The van der Waals surface area contributed by atoms with E-state index in [0.717, 1.165) is 0 Å². The number of rotatable bonds is 5. The van der Waals surface area contributed by atoms with Crippen LogP contribution in [-0.2, 0) is 6.54 Å². The SMILES string of the molecule is CC(=O)c1cccc(NC(=O)NCCn2cccc2)c1. The molecule has 0 bridgehead atoms. The number of anilines is 1. The number of carbonyl (C=O) groups is 2. The van der Waals surface area contributed by atoms with E-state index in [9.17, 15) is 9.59 Å². The van der Waals surface area contributed by atoms with Crippen LogP contribution in [0.15, 0.2) is 48.8 Å². The highest BCUT2D eigenvalue weighted by molar-refractivity contribution is 5.96. The van der Waals surface area contributed by atoms with Gasteiger partial charge in [-0.15, -0.1) is 0 Å². The Balaban J connectivity index is 1.82. The number of carbonyl (C=O) groups excluding carboxylic acids is 2. The van der Waals surface area contributed by atoms with E-state index in [-0.39, 0.29) is 11.8 Å². The first-order valence-electron chi connectivity index (χ1n) is 6.42. The van der Waals surface area contributed by atoms with Gasteiger partial charge >= 0.3 is 6.03 Å². The van der Waals surface area contributed by atoms with E-state index in [2.05, 4.69) is 10.6 Å². The number of ketones is 1. The number of hydrogen-bond donors (Lipinski definition) is 2. The number of Topliss-reactive ketones (excluding diaryl/α,β-unsaturated/α-hetero) is 1. The first kappa shape index (κ1) is 13.9. The summed E-state index contributed by atoms with van der Waals surface area (Å²) < 4.78 is 1.98. The van der Waals surface area contributed by atoms with Crippen LogP contribution in [-0.4, -0.2) is 22.9 Å². The van der Waals surface area contributed by atoms with Gasteiger partial charge in [-0.3, -0.25) is 4.79 Å². The zero-order valence-corrected chi connectivity index (χ0v) is 11.3. The molecule has 0 atom stereocenters. The molecule has 1 heterocycles. The Hall–Kier alpha value is -2.56. The molecule has 2 aromatic rings. The third-order valence-electron chi connectivity index (χ3n) is 2.85. The largest absolute Gasteiger partial charge is 0.353 e. The lowest BCUT2D eigenvalue weighted by Crippen LogP contribution is -2.31. The second kappa shape index (κ2) is 6.56. The van der Waals surface area contributed by atoms with Crippen LogP contribution in [0.1, 0.15) is 17.3 Å². The second-order valence-electron chi connectivity index (χ2n) is 4.44. The van der Waals surface area contributed by atoms with Gasteiger partial charge in [-0.1, -0.05) is 12.1 Å². The third kappa shape index (κ3) is 3.98. The fourth-order valence-corrected chi connectivity index (χ4v) is 1.81. The zero-order chi connectivity index (χ0) is 14.4. The molecule has 5 nitrogen and oxygen atoms in total. The molecule has 0 radical (unpaired) electrons. The van der Waals surface area contributed by atoms with Crippen LogP contribution in [0.4, 0.5) is 10.5 Å². The molecular weight excluding hydrogens is 254 g/mol. The Labute approximate surface area is 117 Å². The van der Waals surface area contributed by atoms with Crippen molar-refractivity contribution in [1.82, 2.24) is 9.88 Å². The minimum Gasteiger partial charge on any atom is -0.353 e. The topological polar surface area (TPSA) is 63.1 Å². The van der Waals surface area contributed by atoms with Crippen molar-refractivity contribution in [3.8, 4) is 0 Å². The van der Waals surface area contributed by atoms with Gasteiger partial charge in [0.2, 0.25) is 0 Å². The summed E-state index contributed by atoms with van der Waals surface area (Å²) in [6.07, 6.45) is 3.88. The maximum atomic E-state index is 11.7. The summed E-state index contributed by atoms with van der Waals surface area (Å²) in [6.45, 7) is 2.75. The molecule has 0 saturated heterocycles. The molecule has 2 amide bonds. The number of nitrogens with zero attached hydrogens (tertiary/aromatic N) is 1. The highest BCUT2D eigenvalue weighted by Gasteiger charge is 2.04. The van der Waals surface area contributed by atoms with Crippen molar-refractivity contribution in [3.63, 3.8) is 0 Å². The molecule has 1 aromatic carbocycles. The molecule has 5 heteroatoms. The molecule has 0 spiro atoms. The molecule has 20 heavy (non-hydrogen) atoms. The van der Waals surface area contributed by atoms with E-state index in [4.69, 9.17) is 0 Å². The van der Waals surface area contributed by atoms with Gasteiger partial charge in [0.15, 0.2) is 5.78 Å². The number of amides is 2. The Morgan fingerprint density at radius 3 is 2.60 bits per heavy atom. The summed E-state index contributed by atoms with van der Waals surface area (Å²) in [7, 11) is 0. The first-order chi connectivity index (χ1) is 9.65. The predicted octanol–water partition coefficient (Wildman–Crippen LogP) is 2.51. The molecule has 0 aliphatic heterocycles. The van der Waals surface area contributed by atoms with Gasteiger partial charge < -0.3 is 15.2 Å². The number of nitrogens with one attached hydrogen (secondary N) is 2. The summed E-state index contributed by atoms with van der Waals surface area (Å²) >= 11 is 0. The Kier molecular flexibility index (Phi) is 4.55.